The molecule has 0 radical (unpaired) electrons. The number of aliphatic hydroxyl groups excluding tert-OH is 1. The molecule has 0 saturated heterocycles. The normalized spacial score (nSPS) is 11.4. The molecule has 0 saturated carbocycles. The number of pyridine rings is 1. The summed E-state index contributed by atoms with van der Waals surface area (Å²) < 4.78 is 0. The van der Waals surface area contributed by atoms with Crippen LogP contribution in [0.3, 0.4) is 0 Å². The van der Waals surface area contributed by atoms with Crippen molar-refractivity contribution < 1.29 is 5.11 Å². The zero-order valence-electron chi connectivity index (χ0n) is 9.04. The Bertz CT molecular complexity index is 319. The molecule has 0 aliphatic carbocycles. The summed E-state index contributed by atoms with van der Waals surface area (Å²) in [4.78, 5) is 4.26. The van der Waals surface area contributed by atoms with Crippen molar-refractivity contribution >= 4 is 5.57 Å². The zero-order chi connectivity index (χ0) is 10.8. The van der Waals surface area contributed by atoms with Gasteiger partial charge in [0.1, 0.15) is 0 Å². The lowest BCUT2D eigenvalue weighted by Crippen LogP contribution is -2.11. The zero-order valence-corrected chi connectivity index (χ0v) is 9.04. The van der Waals surface area contributed by atoms with Gasteiger partial charge in [0.15, 0.2) is 0 Å². The Hall–Kier alpha value is -1.15. The number of hydrogen-bond acceptors (Lipinski definition) is 2. The molecule has 0 atom stereocenters. The highest BCUT2D eigenvalue weighted by molar-refractivity contribution is 5.60. The third-order valence-corrected chi connectivity index (χ3v) is 2.18. The van der Waals surface area contributed by atoms with Gasteiger partial charge in [-0.3, -0.25) is 4.98 Å². The fraction of sp³-hybridized carbons (Fsp3) is 0.417. The van der Waals surface area contributed by atoms with Crippen molar-refractivity contribution in [2.24, 2.45) is 0 Å². The molecule has 0 unspecified atom stereocenters. The van der Waals surface area contributed by atoms with Crippen molar-refractivity contribution in [3.63, 3.8) is 0 Å². The summed E-state index contributed by atoms with van der Waals surface area (Å²) >= 11 is 0. The van der Waals surface area contributed by atoms with Gasteiger partial charge in [-0.2, -0.15) is 0 Å². The first kappa shape index (κ1) is 10.9. The second-order valence-corrected chi connectivity index (χ2v) is 4.44. The van der Waals surface area contributed by atoms with Crippen LogP contribution in [0.2, 0.25) is 0 Å². The number of hydrogen-bond donors (Lipinski definition) is 1. The first-order chi connectivity index (χ1) is 6.45. The van der Waals surface area contributed by atoms with Gasteiger partial charge in [-0.25, -0.2) is 0 Å². The topological polar surface area (TPSA) is 33.1 Å². The SMILES string of the molecule is C=C(CO)c1ccc(C(C)(C)C)cn1. The smallest absolute Gasteiger partial charge is 0.0697 e. The molecule has 0 aliphatic heterocycles. The minimum atomic E-state index is -0.0398. The van der Waals surface area contributed by atoms with E-state index in [-0.39, 0.29) is 12.0 Å². The third-order valence-electron chi connectivity index (χ3n) is 2.18. The molecular weight excluding hydrogens is 174 g/mol. The lowest BCUT2D eigenvalue weighted by Gasteiger charge is -2.18. The Morgan fingerprint density at radius 3 is 2.43 bits per heavy atom. The highest BCUT2D eigenvalue weighted by atomic mass is 16.3. The summed E-state index contributed by atoms with van der Waals surface area (Å²) in [6.07, 6.45) is 1.84. The minimum absolute atomic E-state index is 0.0398. The van der Waals surface area contributed by atoms with Crippen molar-refractivity contribution in [3.05, 3.63) is 36.2 Å². The number of rotatable bonds is 2. The highest BCUT2D eigenvalue weighted by Gasteiger charge is 2.13. The molecule has 0 amide bonds. The minimum Gasteiger partial charge on any atom is -0.392 e. The standard InChI is InChI=1S/C12H17NO/c1-9(8-14)11-6-5-10(7-13-11)12(2,3)4/h5-7,14H,1,8H2,2-4H3. The van der Waals surface area contributed by atoms with E-state index in [9.17, 15) is 0 Å². The highest BCUT2D eigenvalue weighted by Crippen LogP contribution is 2.22. The van der Waals surface area contributed by atoms with E-state index in [2.05, 4.69) is 32.3 Å². The molecule has 0 aromatic carbocycles. The predicted molar refractivity (Wildman–Crippen MR) is 59.1 cm³/mol. The Morgan fingerprint density at radius 1 is 1.43 bits per heavy atom. The van der Waals surface area contributed by atoms with Gasteiger partial charge in [0, 0.05) is 6.20 Å². The summed E-state index contributed by atoms with van der Waals surface area (Å²) in [5, 5.41) is 8.88. The van der Waals surface area contributed by atoms with E-state index in [1.54, 1.807) is 0 Å². The monoisotopic (exact) mass is 191 g/mol. The van der Waals surface area contributed by atoms with Gasteiger partial charge >= 0.3 is 0 Å². The van der Waals surface area contributed by atoms with Crippen molar-refractivity contribution in [1.82, 2.24) is 4.98 Å². The molecule has 0 bridgehead atoms. The van der Waals surface area contributed by atoms with Crippen LogP contribution < -0.4 is 0 Å². The average molecular weight is 191 g/mol. The van der Waals surface area contributed by atoms with Crippen LogP contribution in [0.4, 0.5) is 0 Å². The largest absolute Gasteiger partial charge is 0.392 e. The molecule has 1 rings (SSSR count). The summed E-state index contributed by atoms with van der Waals surface area (Å²) in [6.45, 7) is 10.1. The first-order valence-electron chi connectivity index (χ1n) is 4.70. The van der Waals surface area contributed by atoms with E-state index in [1.807, 2.05) is 18.3 Å². The summed E-state index contributed by atoms with van der Waals surface area (Å²) in [7, 11) is 0. The van der Waals surface area contributed by atoms with Gasteiger partial charge in [-0.15, -0.1) is 0 Å². The van der Waals surface area contributed by atoms with E-state index in [0.717, 1.165) is 5.69 Å². The maximum Gasteiger partial charge on any atom is 0.0697 e. The molecule has 1 aromatic heterocycles. The van der Waals surface area contributed by atoms with E-state index in [4.69, 9.17) is 5.11 Å². The van der Waals surface area contributed by atoms with E-state index >= 15 is 0 Å². The molecule has 1 aromatic rings. The van der Waals surface area contributed by atoms with E-state index in [0.29, 0.717) is 5.57 Å². The lowest BCUT2D eigenvalue weighted by atomic mass is 9.88. The predicted octanol–water partition coefficient (Wildman–Crippen LogP) is 2.38. The average Bonchev–Trinajstić information content (AvgIpc) is 2.15. The molecule has 0 spiro atoms. The Labute approximate surface area is 85.3 Å². The summed E-state index contributed by atoms with van der Waals surface area (Å²) in [5.74, 6) is 0. The first-order valence-corrected chi connectivity index (χ1v) is 4.70. The van der Waals surface area contributed by atoms with Crippen molar-refractivity contribution in [2.75, 3.05) is 6.61 Å². The van der Waals surface area contributed by atoms with Crippen LogP contribution in [-0.2, 0) is 5.41 Å². The van der Waals surface area contributed by atoms with Crippen LogP contribution >= 0.6 is 0 Å². The number of aliphatic hydroxyl groups is 1. The van der Waals surface area contributed by atoms with E-state index in [1.165, 1.54) is 5.56 Å². The fourth-order valence-electron chi connectivity index (χ4n) is 1.13. The lowest BCUT2D eigenvalue weighted by molar-refractivity contribution is 0.350. The molecule has 0 fully saturated rings. The molecule has 1 N–H and O–H groups in total. The molecule has 14 heavy (non-hydrogen) atoms. The van der Waals surface area contributed by atoms with Gasteiger partial charge in [0.05, 0.1) is 12.3 Å². The van der Waals surface area contributed by atoms with Crippen LogP contribution in [0, 0.1) is 0 Å². The Balaban J connectivity index is 2.95. The Kier molecular flexibility index (Phi) is 3.06. The van der Waals surface area contributed by atoms with Crippen molar-refractivity contribution in [2.45, 2.75) is 26.2 Å². The van der Waals surface area contributed by atoms with E-state index < -0.39 is 0 Å². The maximum atomic E-state index is 8.88. The summed E-state index contributed by atoms with van der Waals surface area (Å²) in [5.41, 5.74) is 2.73. The van der Waals surface area contributed by atoms with Gasteiger partial charge < -0.3 is 5.11 Å². The summed E-state index contributed by atoms with van der Waals surface area (Å²) in [6, 6.07) is 3.93. The van der Waals surface area contributed by atoms with Crippen LogP contribution in [0.1, 0.15) is 32.0 Å². The number of aromatic nitrogens is 1. The molecule has 1 heterocycles. The van der Waals surface area contributed by atoms with Gasteiger partial charge in [0.2, 0.25) is 0 Å². The van der Waals surface area contributed by atoms with Crippen molar-refractivity contribution in [3.8, 4) is 0 Å². The second-order valence-electron chi connectivity index (χ2n) is 4.44. The van der Waals surface area contributed by atoms with Gasteiger partial charge in [-0.1, -0.05) is 33.4 Å². The molecule has 0 aliphatic rings. The van der Waals surface area contributed by atoms with Crippen LogP contribution in [0.5, 0.6) is 0 Å². The quantitative estimate of drug-likeness (QED) is 0.778. The van der Waals surface area contributed by atoms with Gasteiger partial charge in [0.25, 0.3) is 0 Å². The Morgan fingerprint density at radius 2 is 2.07 bits per heavy atom. The maximum absolute atomic E-state index is 8.88. The molecular formula is C12H17NO. The molecule has 76 valence electrons. The third kappa shape index (κ3) is 2.42. The fourth-order valence-corrected chi connectivity index (χ4v) is 1.13. The van der Waals surface area contributed by atoms with Crippen LogP contribution in [0.15, 0.2) is 24.9 Å². The van der Waals surface area contributed by atoms with Gasteiger partial charge in [-0.05, 0) is 22.6 Å². The van der Waals surface area contributed by atoms with Crippen LogP contribution in [-0.4, -0.2) is 16.7 Å². The second kappa shape index (κ2) is 3.93. The molecule has 2 heteroatoms. The van der Waals surface area contributed by atoms with Crippen LogP contribution in [0.25, 0.3) is 5.57 Å². The number of nitrogens with zero attached hydrogens (tertiary/aromatic N) is 1. The van der Waals surface area contributed by atoms with Crippen molar-refractivity contribution in [1.29, 1.82) is 0 Å². The molecule has 2 nitrogen and oxygen atoms in total.